The number of nitrogens with two attached hydrogens (primary N) is 1. The van der Waals surface area contributed by atoms with Gasteiger partial charge in [-0.1, -0.05) is 18.7 Å². The van der Waals surface area contributed by atoms with Gasteiger partial charge in [0.15, 0.2) is 0 Å². The third-order valence-electron chi connectivity index (χ3n) is 1.13. The van der Waals surface area contributed by atoms with Gasteiger partial charge in [0.05, 0.1) is 6.61 Å². The molecule has 0 unspecified atom stereocenters. The molecule has 56 valence electrons. The average molecular weight is 139 g/mol. The Labute approximate surface area is 61.4 Å². The minimum atomic E-state index is -0.0158. The number of hydrogen-bond acceptors (Lipinski definition) is 2. The Morgan fingerprint density at radius 2 is 2.30 bits per heavy atom. The molecule has 0 saturated carbocycles. The molecule has 2 nitrogen and oxygen atoms in total. The Hall–Kier alpha value is -1.02. The Kier molecular flexibility index (Phi) is 4.33. The van der Waals surface area contributed by atoms with E-state index in [4.69, 9.17) is 10.8 Å². The van der Waals surface area contributed by atoms with Gasteiger partial charge in [0.25, 0.3) is 0 Å². The second-order valence-electron chi connectivity index (χ2n) is 1.87. The summed E-state index contributed by atoms with van der Waals surface area (Å²) in [5, 5.41) is 8.65. The van der Waals surface area contributed by atoms with Crippen molar-refractivity contribution in [3.8, 4) is 0 Å². The molecular weight excluding hydrogens is 126 g/mol. The van der Waals surface area contributed by atoms with Gasteiger partial charge in [-0.05, 0) is 18.6 Å². The van der Waals surface area contributed by atoms with Crippen LogP contribution >= 0.6 is 0 Å². The zero-order valence-corrected chi connectivity index (χ0v) is 6.17. The van der Waals surface area contributed by atoms with Crippen LogP contribution < -0.4 is 5.73 Å². The zero-order chi connectivity index (χ0) is 7.98. The largest absolute Gasteiger partial charge is 0.399 e. The van der Waals surface area contributed by atoms with Gasteiger partial charge in [-0.15, -0.1) is 0 Å². The lowest BCUT2D eigenvalue weighted by Gasteiger charge is -1.95. The molecule has 0 atom stereocenters. The summed E-state index contributed by atoms with van der Waals surface area (Å²) in [5.74, 6) is 0. The van der Waals surface area contributed by atoms with E-state index in [9.17, 15) is 0 Å². The van der Waals surface area contributed by atoms with Crippen molar-refractivity contribution in [2.24, 2.45) is 5.73 Å². The van der Waals surface area contributed by atoms with Gasteiger partial charge in [0.2, 0.25) is 0 Å². The van der Waals surface area contributed by atoms with Crippen LogP contribution in [0.5, 0.6) is 0 Å². The van der Waals surface area contributed by atoms with Gasteiger partial charge >= 0.3 is 0 Å². The predicted molar refractivity (Wildman–Crippen MR) is 43.3 cm³/mol. The van der Waals surface area contributed by atoms with Crippen LogP contribution in [0.15, 0.2) is 36.1 Å². The summed E-state index contributed by atoms with van der Waals surface area (Å²) in [4.78, 5) is 0. The molecule has 0 radical (unpaired) electrons. The lowest BCUT2D eigenvalue weighted by molar-refractivity contribution is 0.335. The maximum atomic E-state index is 8.65. The predicted octanol–water partition coefficient (Wildman–Crippen LogP) is 0.954. The van der Waals surface area contributed by atoms with E-state index in [0.717, 1.165) is 5.57 Å². The SMILES string of the molecule is C=C/C(=C\C(N)=C/C)CO. The highest BCUT2D eigenvalue weighted by Crippen LogP contribution is 1.97. The number of allylic oxidation sites excluding steroid dienone is 2. The second kappa shape index (κ2) is 4.82. The molecule has 0 amide bonds. The third-order valence-corrected chi connectivity index (χ3v) is 1.13. The van der Waals surface area contributed by atoms with E-state index in [1.807, 2.05) is 6.92 Å². The summed E-state index contributed by atoms with van der Waals surface area (Å²) >= 11 is 0. The number of rotatable bonds is 3. The topological polar surface area (TPSA) is 46.2 Å². The second-order valence-corrected chi connectivity index (χ2v) is 1.87. The van der Waals surface area contributed by atoms with Crippen molar-refractivity contribution in [3.63, 3.8) is 0 Å². The highest BCUT2D eigenvalue weighted by Gasteiger charge is 1.87. The van der Waals surface area contributed by atoms with Crippen LogP contribution in [-0.2, 0) is 0 Å². The van der Waals surface area contributed by atoms with E-state index in [0.29, 0.717) is 5.70 Å². The molecule has 10 heavy (non-hydrogen) atoms. The summed E-state index contributed by atoms with van der Waals surface area (Å²) < 4.78 is 0. The van der Waals surface area contributed by atoms with E-state index >= 15 is 0 Å². The zero-order valence-electron chi connectivity index (χ0n) is 6.17. The van der Waals surface area contributed by atoms with Crippen LogP contribution in [0.4, 0.5) is 0 Å². The lowest BCUT2D eigenvalue weighted by Crippen LogP contribution is -1.95. The normalized spacial score (nSPS) is 13.4. The molecule has 2 heteroatoms. The summed E-state index contributed by atoms with van der Waals surface area (Å²) in [5.41, 5.74) is 6.83. The van der Waals surface area contributed by atoms with Gasteiger partial charge in [-0.3, -0.25) is 0 Å². The average Bonchev–Trinajstić information content (AvgIpc) is 1.99. The monoisotopic (exact) mass is 139 g/mol. The molecule has 0 rings (SSSR count). The van der Waals surface area contributed by atoms with Crippen molar-refractivity contribution in [1.29, 1.82) is 0 Å². The fraction of sp³-hybridized carbons (Fsp3) is 0.250. The van der Waals surface area contributed by atoms with Crippen LogP contribution in [0.2, 0.25) is 0 Å². The maximum absolute atomic E-state index is 8.65. The molecule has 0 bridgehead atoms. The first-order chi connectivity index (χ1) is 4.74. The van der Waals surface area contributed by atoms with E-state index in [1.54, 1.807) is 18.2 Å². The first-order valence-electron chi connectivity index (χ1n) is 3.10. The number of aliphatic hydroxyl groups is 1. The molecule has 0 fully saturated rings. The van der Waals surface area contributed by atoms with E-state index in [2.05, 4.69) is 6.58 Å². The van der Waals surface area contributed by atoms with Crippen molar-refractivity contribution >= 4 is 0 Å². The molecule has 0 aromatic carbocycles. The van der Waals surface area contributed by atoms with Gasteiger partial charge in [-0.2, -0.15) is 0 Å². The van der Waals surface area contributed by atoms with Crippen molar-refractivity contribution in [2.45, 2.75) is 6.92 Å². The minimum Gasteiger partial charge on any atom is -0.399 e. The molecule has 0 spiro atoms. The van der Waals surface area contributed by atoms with Gasteiger partial charge in [0.1, 0.15) is 0 Å². The summed E-state index contributed by atoms with van der Waals surface area (Å²) in [6.45, 7) is 5.33. The minimum absolute atomic E-state index is 0.0158. The summed E-state index contributed by atoms with van der Waals surface area (Å²) in [6.07, 6.45) is 5.03. The van der Waals surface area contributed by atoms with Crippen LogP contribution in [0, 0.1) is 0 Å². The number of hydrogen-bond donors (Lipinski definition) is 2. The maximum Gasteiger partial charge on any atom is 0.0682 e. The first kappa shape index (κ1) is 8.98. The lowest BCUT2D eigenvalue weighted by atomic mass is 10.2. The van der Waals surface area contributed by atoms with Crippen molar-refractivity contribution < 1.29 is 5.11 Å². The van der Waals surface area contributed by atoms with Gasteiger partial charge in [0, 0.05) is 5.70 Å². The Bertz CT molecular complexity index is 168. The van der Waals surface area contributed by atoms with Crippen LogP contribution in [0.25, 0.3) is 0 Å². The standard InChI is InChI=1S/C8H13NO/c1-3-7(6-10)5-8(9)4-2/h3-5,10H,1,6,9H2,2H3/b7-5+,8-4+. The summed E-state index contributed by atoms with van der Waals surface area (Å²) in [6, 6.07) is 0. The number of aliphatic hydroxyl groups excluding tert-OH is 1. The third kappa shape index (κ3) is 3.10. The van der Waals surface area contributed by atoms with E-state index in [-0.39, 0.29) is 6.61 Å². The van der Waals surface area contributed by atoms with E-state index < -0.39 is 0 Å². The Morgan fingerprint density at radius 3 is 2.60 bits per heavy atom. The Morgan fingerprint density at radius 1 is 1.70 bits per heavy atom. The Balaban J connectivity index is 4.24. The van der Waals surface area contributed by atoms with E-state index in [1.165, 1.54) is 0 Å². The molecule has 0 aromatic rings. The first-order valence-corrected chi connectivity index (χ1v) is 3.10. The molecular formula is C8H13NO. The van der Waals surface area contributed by atoms with Crippen LogP contribution in [0.3, 0.4) is 0 Å². The van der Waals surface area contributed by atoms with Crippen molar-refractivity contribution in [2.75, 3.05) is 6.61 Å². The molecule has 3 N–H and O–H groups in total. The molecule has 0 saturated heterocycles. The quantitative estimate of drug-likeness (QED) is 0.572. The fourth-order valence-electron chi connectivity index (χ4n) is 0.467. The molecule has 0 aliphatic carbocycles. The molecule has 0 aromatic heterocycles. The molecule has 0 aliphatic rings. The fourth-order valence-corrected chi connectivity index (χ4v) is 0.467. The highest BCUT2D eigenvalue weighted by atomic mass is 16.3. The molecule has 0 heterocycles. The van der Waals surface area contributed by atoms with Gasteiger partial charge < -0.3 is 10.8 Å². The van der Waals surface area contributed by atoms with Crippen molar-refractivity contribution in [3.05, 3.63) is 36.1 Å². The van der Waals surface area contributed by atoms with Crippen molar-refractivity contribution in [1.82, 2.24) is 0 Å². The summed E-state index contributed by atoms with van der Waals surface area (Å²) in [7, 11) is 0. The van der Waals surface area contributed by atoms with Gasteiger partial charge in [-0.25, -0.2) is 0 Å². The van der Waals surface area contributed by atoms with Crippen LogP contribution in [0.1, 0.15) is 6.92 Å². The smallest absolute Gasteiger partial charge is 0.0682 e. The van der Waals surface area contributed by atoms with Crippen LogP contribution in [-0.4, -0.2) is 11.7 Å². The highest BCUT2D eigenvalue weighted by molar-refractivity contribution is 5.27. The molecule has 0 aliphatic heterocycles.